The van der Waals surface area contributed by atoms with E-state index in [-0.39, 0.29) is 6.04 Å². The molecular weight excluding hydrogens is 254 g/mol. The van der Waals surface area contributed by atoms with Gasteiger partial charge in [-0.15, -0.1) is 5.10 Å². The summed E-state index contributed by atoms with van der Waals surface area (Å²) in [5, 5.41) is 19.5. The van der Waals surface area contributed by atoms with Crippen LogP contribution in [0.25, 0.3) is 5.69 Å². The summed E-state index contributed by atoms with van der Waals surface area (Å²) in [6.07, 6.45) is 1.88. The number of tetrazole rings is 1. The Balaban J connectivity index is 1.86. The molecule has 20 heavy (non-hydrogen) atoms. The second-order valence-electron chi connectivity index (χ2n) is 4.53. The van der Waals surface area contributed by atoms with Crippen LogP contribution in [0.15, 0.2) is 42.6 Å². The zero-order valence-corrected chi connectivity index (χ0v) is 11.3. The summed E-state index contributed by atoms with van der Waals surface area (Å²) in [7, 11) is 1.88. The monoisotopic (exact) mass is 269 g/mol. The van der Waals surface area contributed by atoms with Crippen molar-refractivity contribution >= 4 is 5.82 Å². The zero-order chi connectivity index (χ0) is 13.9. The lowest BCUT2D eigenvalue weighted by Gasteiger charge is -2.12. The molecular formula is C13H15N7. The molecule has 0 saturated carbocycles. The van der Waals surface area contributed by atoms with E-state index in [0.29, 0.717) is 0 Å². The van der Waals surface area contributed by atoms with E-state index in [1.807, 2.05) is 56.6 Å². The van der Waals surface area contributed by atoms with Gasteiger partial charge in [0.25, 0.3) is 0 Å². The Morgan fingerprint density at radius 3 is 2.65 bits per heavy atom. The van der Waals surface area contributed by atoms with Crippen LogP contribution < -0.4 is 5.32 Å². The highest BCUT2D eigenvalue weighted by molar-refractivity contribution is 5.36. The van der Waals surface area contributed by atoms with Crippen molar-refractivity contribution in [3.8, 4) is 5.69 Å². The van der Waals surface area contributed by atoms with Gasteiger partial charge >= 0.3 is 0 Å². The Hall–Kier alpha value is -2.70. The summed E-state index contributed by atoms with van der Waals surface area (Å²) >= 11 is 0. The van der Waals surface area contributed by atoms with Crippen LogP contribution in [-0.2, 0) is 7.05 Å². The van der Waals surface area contributed by atoms with Gasteiger partial charge in [-0.2, -0.15) is 9.78 Å². The fourth-order valence-electron chi connectivity index (χ4n) is 2.00. The van der Waals surface area contributed by atoms with Crippen molar-refractivity contribution in [2.45, 2.75) is 13.0 Å². The van der Waals surface area contributed by atoms with Gasteiger partial charge in [0.2, 0.25) is 0 Å². The summed E-state index contributed by atoms with van der Waals surface area (Å²) in [6, 6.07) is 11.7. The van der Waals surface area contributed by atoms with Gasteiger partial charge < -0.3 is 5.32 Å². The summed E-state index contributed by atoms with van der Waals surface area (Å²) in [6.45, 7) is 2.00. The second-order valence-corrected chi connectivity index (χ2v) is 4.53. The van der Waals surface area contributed by atoms with Gasteiger partial charge in [-0.3, -0.25) is 4.68 Å². The molecule has 0 aliphatic rings. The van der Waals surface area contributed by atoms with Gasteiger partial charge in [-0.05, 0) is 29.5 Å². The number of anilines is 1. The molecule has 2 heterocycles. The molecule has 0 aliphatic heterocycles. The van der Waals surface area contributed by atoms with Crippen molar-refractivity contribution in [3.05, 3.63) is 48.4 Å². The van der Waals surface area contributed by atoms with Crippen LogP contribution in [-0.4, -0.2) is 30.0 Å². The van der Waals surface area contributed by atoms with Crippen molar-refractivity contribution in [2.24, 2.45) is 7.05 Å². The maximum atomic E-state index is 4.29. The number of benzene rings is 1. The first-order valence-electron chi connectivity index (χ1n) is 6.34. The van der Waals surface area contributed by atoms with Gasteiger partial charge in [-0.25, -0.2) is 0 Å². The lowest BCUT2D eigenvalue weighted by Crippen LogP contribution is -2.14. The highest BCUT2D eigenvalue weighted by atomic mass is 15.5. The molecule has 1 atom stereocenters. The van der Waals surface area contributed by atoms with Crippen molar-refractivity contribution in [2.75, 3.05) is 5.32 Å². The molecule has 3 aromatic rings. The van der Waals surface area contributed by atoms with Crippen molar-refractivity contribution in [3.63, 3.8) is 0 Å². The predicted molar refractivity (Wildman–Crippen MR) is 74.4 cm³/mol. The van der Waals surface area contributed by atoms with Crippen LogP contribution in [0.2, 0.25) is 0 Å². The predicted octanol–water partition coefficient (Wildman–Crippen LogP) is 1.57. The molecule has 0 spiro atoms. The van der Waals surface area contributed by atoms with E-state index in [1.54, 1.807) is 9.36 Å². The maximum Gasteiger partial charge on any atom is 0.178 e. The Morgan fingerprint density at radius 2 is 1.95 bits per heavy atom. The molecule has 0 amide bonds. The smallest absolute Gasteiger partial charge is 0.178 e. The Morgan fingerprint density at radius 1 is 1.15 bits per heavy atom. The molecule has 0 aliphatic carbocycles. The minimum atomic E-state index is -0.0555. The van der Waals surface area contributed by atoms with E-state index >= 15 is 0 Å². The minimum absolute atomic E-state index is 0.0555. The van der Waals surface area contributed by atoms with Crippen molar-refractivity contribution in [1.29, 1.82) is 0 Å². The third kappa shape index (κ3) is 2.37. The Kier molecular flexibility index (Phi) is 3.16. The molecule has 0 fully saturated rings. The molecule has 7 heteroatoms. The number of aromatic nitrogens is 6. The van der Waals surface area contributed by atoms with Gasteiger partial charge in [0.1, 0.15) is 5.82 Å². The largest absolute Gasteiger partial charge is 0.359 e. The quantitative estimate of drug-likeness (QED) is 0.778. The number of nitrogens with one attached hydrogen (secondary N) is 1. The van der Waals surface area contributed by atoms with Crippen molar-refractivity contribution in [1.82, 2.24) is 30.0 Å². The van der Waals surface area contributed by atoms with Crippen LogP contribution in [0.1, 0.15) is 18.8 Å². The molecule has 7 nitrogen and oxygen atoms in total. The number of nitrogens with zero attached hydrogens (tertiary/aromatic N) is 6. The normalized spacial score (nSPS) is 12.3. The van der Waals surface area contributed by atoms with E-state index in [4.69, 9.17) is 0 Å². The van der Waals surface area contributed by atoms with E-state index < -0.39 is 0 Å². The minimum Gasteiger partial charge on any atom is -0.359 e. The van der Waals surface area contributed by atoms with Crippen LogP contribution in [0, 0.1) is 0 Å². The molecule has 1 unspecified atom stereocenters. The molecule has 0 radical (unpaired) electrons. The molecule has 1 N–H and O–H groups in total. The van der Waals surface area contributed by atoms with Crippen LogP contribution in [0.3, 0.4) is 0 Å². The van der Waals surface area contributed by atoms with E-state index in [9.17, 15) is 0 Å². The topological polar surface area (TPSA) is 73.5 Å². The van der Waals surface area contributed by atoms with Gasteiger partial charge in [0, 0.05) is 19.3 Å². The molecule has 0 saturated heterocycles. The third-order valence-corrected chi connectivity index (χ3v) is 2.96. The maximum absolute atomic E-state index is 4.29. The second kappa shape index (κ2) is 5.12. The standard InChI is InChI=1S/C13H15N7/c1-10(14-12-8-9-19(2)16-12)13-15-17-18-20(13)11-6-4-3-5-7-11/h3-10H,1-2H3,(H,14,16). The highest BCUT2D eigenvalue weighted by Crippen LogP contribution is 2.17. The molecule has 1 aromatic carbocycles. The first-order chi connectivity index (χ1) is 9.74. The molecule has 0 bridgehead atoms. The lowest BCUT2D eigenvalue weighted by atomic mass is 10.3. The third-order valence-electron chi connectivity index (χ3n) is 2.96. The average molecular weight is 269 g/mol. The van der Waals surface area contributed by atoms with E-state index in [1.165, 1.54) is 0 Å². The Labute approximate surface area is 116 Å². The molecule has 3 rings (SSSR count). The van der Waals surface area contributed by atoms with Gasteiger partial charge in [-0.1, -0.05) is 18.2 Å². The van der Waals surface area contributed by atoms with Gasteiger partial charge in [0.15, 0.2) is 5.82 Å². The number of hydrogen-bond donors (Lipinski definition) is 1. The van der Waals surface area contributed by atoms with Crippen LogP contribution in [0.4, 0.5) is 5.82 Å². The number of rotatable bonds is 4. The fraction of sp³-hybridized carbons (Fsp3) is 0.231. The number of aryl methyl sites for hydroxylation is 1. The first-order valence-corrected chi connectivity index (χ1v) is 6.34. The summed E-state index contributed by atoms with van der Waals surface area (Å²) < 4.78 is 3.47. The fourth-order valence-corrected chi connectivity index (χ4v) is 2.00. The average Bonchev–Trinajstić information content (AvgIpc) is 3.09. The number of para-hydroxylation sites is 1. The summed E-state index contributed by atoms with van der Waals surface area (Å²) in [5.74, 6) is 1.53. The highest BCUT2D eigenvalue weighted by Gasteiger charge is 2.16. The Bertz CT molecular complexity index is 686. The summed E-state index contributed by atoms with van der Waals surface area (Å²) in [4.78, 5) is 0. The molecule has 2 aromatic heterocycles. The SMILES string of the molecule is CC(Nc1ccn(C)n1)c1nnnn1-c1ccccc1. The van der Waals surface area contributed by atoms with E-state index in [0.717, 1.165) is 17.3 Å². The number of hydrogen-bond acceptors (Lipinski definition) is 5. The summed E-state index contributed by atoms with van der Waals surface area (Å²) in [5.41, 5.74) is 0.933. The molecule has 102 valence electrons. The van der Waals surface area contributed by atoms with Crippen LogP contribution in [0.5, 0.6) is 0 Å². The lowest BCUT2D eigenvalue weighted by molar-refractivity contribution is 0.708. The first kappa shape index (κ1) is 12.3. The zero-order valence-electron chi connectivity index (χ0n) is 11.3. The van der Waals surface area contributed by atoms with Crippen LogP contribution >= 0.6 is 0 Å². The van der Waals surface area contributed by atoms with Gasteiger partial charge in [0.05, 0.1) is 11.7 Å². The van der Waals surface area contributed by atoms with Crippen molar-refractivity contribution < 1.29 is 0 Å². The van der Waals surface area contributed by atoms with E-state index in [2.05, 4.69) is 25.9 Å².